The van der Waals surface area contributed by atoms with Gasteiger partial charge in [0.25, 0.3) is 0 Å². The quantitative estimate of drug-likeness (QED) is 0.290. The molecule has 72 valence electrons. The van der Waals surface area contributed by atoms with Gasteiger partial charge in [-0.2, -0.15) is 0 Å². The van der Waals surface area contributed by atoms with E-state index in [2.05, 4.69) is 4.74 Å². The molecule has 0 radical (unpaired) electrons. The van der Waals surface area contributed by atoms with Gasteiger partial charge < -0.3 is 30.3 Å². The molecule has 4 atom stereocenters. The monoisotopic (exact) mass is 180 g/mol. The zero-order valence-corrected chi connectivity index (χ0v) is 6.29. The highest BCUT2D eigenvalue weighted by Gasteiger charge is 2.47. The zero-order chi connectivity index (χ0) is 9.35. The Labute approximate surface area is 68.6 Å². The lowest BCUT2D eigenvalue weighted by Gasteiger charge is -2.40. The van der Waals surface area contributed by atoms with Gasteiger partial charge in [0, 0.05) is 0 Å². The number of hydrogen-bond donors (Lipinski definition) is 5. The molecule has 1 heterocycles. The summed E-state index contributed by atoms with van der Waals surface area (Å²) in [5.41, 5.74) is 0. The lowest BCUT2D eigenvalue weighted by Crippen LogP contribution is -2.62. The van der Waals surface area contributed by atoms with Gasteiger partial charge in [0.05, 0.1) is 13.2 Å². The normalized spacial score (nSPS) is 49.2. The molecule has 0 amide bonds. The van der Waals surface area contributed by atoms with Crippen LogP contribution in [0.1, 0.15) is 0 Å². The maximum absolute atomic E-state index is 9.24. The van der Waals surface area contributed by atoms with Crippen LogP contribution < -0.4 is 0 Å². The summed E-state index contributed by atoms with van der Waals surface area (Å²) < 4.78 is 4.56. The molecular formula is C6H12O6. The van der Waals surface area contributed by atoms with Crippen molar-refractivity contribution in [2.24, 2.45) is 0 Å². The van der Waals surface area contributed by atoms with E-state index in [0.29, 0.717) is 0 Å². The Morgan fingerprint density at radius 1 is 1.33 bits per heavy atom. The van der Waals surface area contributed by atoms with E-state index in [1.54, 1.807) is 0 Å². The summed E-state index contributed by atoms with van der Waals surface area (Å²) in [4.78, 5) is 0. The molecular weight excluding hydrogens is 168 g/mol. The first kappa shape index (κ1) is 9.85. The summed E-state index contributed by atoms with van der Waals surface area (Å²) in [6, 6.07) is 0. The van der Waals surface area contributed by atoms with Crippen molar-refractivity contribution in [1.29, 1.82) is 0 Å². The molecule has 0 saturated carbocycles. The van der Waals surface area contributed by atoms with Crippen molar-refractivity contribution in [2.75, 3.05) is 13.2 Å². The van der Waals surface area contributed by atoms with E-state index in [0.717, 1.165) is 0 Å². The number of aliphatic hydroxyl groups excluding tert-OH is 4. The van der Waals surface area contributed by atoms with E-state index in [1.807, 2.05) is 0 Å². The fourth-order valence-corrected chi connectivity index (χ4v) is 1.03. The first-order valence-electron chi connectivity index (χ1n) is 3.52. The molecule has 5 N–H and O–H groups in total. The third-order valence-corrected chi connectivity index (χ3v) is 1.91. The fourth-order valence-electron chi connectivity index (χ4n) is 1.03. The molecule has 1 fully saturated rings. The van der Waals surface area contributed by atoms with E-state index < -0.39 is 30.7 Å². The van der Waals surface area contributed by atoms with Crippen LogP contribution in [0.5, 0.6) is 0 Å². The van der Waals surface area contributed by atoms with Gasteiger partial charge >= 0.3 is 0 Å². The molecule has 0 aliphatic carbocycles. The molecule has 0 aromatic carbocycles. The van der Waals surface area contributed by atoms with Crippen molar-refractivity contribution >= 4 is 0 Å². The molecule has 0 aromatic heterocycles. The van der Waals surface area contributed by atoms with Crippen LogP contribution in [0.3, 0.4) is 0 Å². The van der Waals surface area contributed by atoms with E-state index in [1.165, 1.54) is 0 Å². The van der Waals surface area contributed by atoms with Crippen molar-refractivity contribution in [2.45, 2.75) is 24.1 Å². The average Bonchev–Trinajstić information content (AvgIpc) is 2.09. The van der Waals surface area contributed by atoms with Gasteiger partial charge in [-0.1, -0.05) is 0 Å². The van der Waals surface area contributed by atoms with Crippen LogP contribution in [0.2, 0.25) is 0 Å². The summed E-state index contributed by atoms with van der Waals surface area (Å²) in [5.74, 6) is -2.17. The van der Waals surface area contributed by atoms with Crippen molar-refractivity contribution in [3.63, 3.8) is 0 Å². The second-order valence-electron chi connectivity index (χ2n) is 2.82. The number of aliphatic hydroxyl groups is 5. The minimum atomic E-state index is -2.17. The van der Waals surface area contributed by atoms with Crippen LogP contribution in [0, 0.1) is 0 Å². The van der Waals surface area contributed by atoms with Gasteiger partial charge in [0.2, 0.25) is 5.79 Å². The minimum Gasteiger partial charge on any atom is -0.391 e. The largest absolute Gasteiger partial charge is 0.391 e. The van der Waals surface area contributed by atoms with Gasteiger partial charge in [-0.15, -0.1) is 0 Å². The minimum absolute atomic E-state index is 0.324. The first-order valence-corrected chi connectivity index (χ1v) is 3.52. The lowest BCUT2D eigenvalue weighted by atomic mass is 9.98. The molecule has 6 nitrogen and oxygen atoms in total. The summed E-state index contributed by atoms with van der Waals surface area (Å²) in [5, 5.41) is 45.0. The Balaban J connectivity index is 2.71. The Hall–Kier alpha value is -0.240. The lowest BCUT2D eigenvalue weighted by molar-refractivity contribution is -0.331. The van der Waals surface area contributed by atoms with Crippen LogP contribution in [-0.4, -0.2) is 62.8 Å². The Kier molecular flexibility index (Phi) is 2.67. The van der Waals surface area contributed by atoms with Crippen LogP contribution in [0.15, 0.2) is 0 Å². The second-order valence-corrected chi connectivity index (χ2v) is 2.82. The number of hydrogen-bond acceptors (Lipinski definition) is 6. The van der Waals surface area contributed by atoms with Crippen LogP contribution in [0.4, 0.5) is 0 Å². The fraction of sp³-hybridized carbons (Fsp3) is 1.00. The van der Waals surface area contributed by atoms with E-state index in [-0.39, 0.29) is 6.61 Å². The Morgan fingerprint density at radius 3 is 2.42 bits per heavy atom. The van der Waals surface area contributed by atoms with Crippen molar-refractivity contribution in [3.05, 3.63) is 0 Å². The molecule has 1 unspecified atom stereocenters. The zero-order valence-electron chi connectivity index (χ0n) is 6.29. The number of rotatable bonds is 1. The molecule has 1 aliphatic heterocycles. The molecule has 0 spiro atoms. The topological polar surface area (TPSA) is 110 Å². The van der Waals surface area contributed by atoms with Gasteiger partial charge in [-0.25, -0.2) is 0 Å². The smallest absolute Gasteiger partial charge is 0.218 e. The van der Waals surface area contributed by atoms with Gasteiger partial charge in [0.15, 0.2) is 0 Å². The average molecular weight is 180 g/mol. The van der Waals surface area contributed by atoms with Gasteiger partial charge in [-0.3, -0.25) is 0 Å². The standard InChI is InChI=1S/C6H12O6/c7-2-6(11)5(10)4(9)3(8)1-12-6/h3-5,7-11H,1-2H2/t3-,4?,5-,6-/m1/s1. The third-order valence-electron chi connectivity index (χ3n) is 1.91. The molecule has 1 rings (SSSR count). The highest BCUT2D eigenvalue weighted by Crippen LogP contribution is 2.22. The first-order chi connectivity index (χ1) is 5.51. The van der Waals surface area contributed by atoms with Crippen molar-refractivity contribution in [3.8, 4) is 0 Å². The second kappa shape index (κ2) is 3.25. The van der Waals surface area contributed by atoms with E-state index >= 15 is 0 Å². The van der Waals surface area contributed by atoms with E-state index in [9.17, 15) is 5.11 Å². The highest BCUT2D eigenvalue weighted by atomic mass is 16.7. The van der Waals surface area contributed by atoms with Gasteiger partial charge in [0.1, 0.15) is 18.3 Å². The highest BCUT2D eigenvalue weighted by molar-refractivity contribution is 4.90. The Bertz CT molecular complexity index is 162. The van der Waals surface area contributed by atoms with Crippen molar-refractivity contribution < 1.29 is 30.3 Å². The molecule has 6 heteroatoms. The maximum Gasteiger partial charge on any atom is 0.218 e. The molecule has 0 aromatic rings. The molecule has 1 aliphatic rings. The predicted octanol–water partition coefficient (Wildman–Crippen LogP) is -3.22. The maximum atomic E-state index is 9.24. The Morgan fingerprint density at radius 2 is 1.92 bits per heavy atom. The van der Waals surface area contributed by atoms with Crippen LogP contribution >= 0.6 is 0 Å². The third kappa shape index (κ3) is 1.45. The summed E-state index contributed by atoms with van der Waals surface area (Å²) in [6.07, 6.45) is -4.45. The van der Waals surface area contributed by atoms with Crippen LogP contribution in [-0.2, 0) is 4.74 Å². The SMILES string of the molecule is OC[C@@]1(O)OC[C@@H](O)C(O)[C@H]1O. The number of ether oxygens (including phenoxy) is 1. The summed E-state index contributed by atoms with van der Waals surface area (Å²) in [7, 11) is 0. The summed E-state index contributed by atoms with van der Waals surface area (Å²) >= 11 is 0. The van der Waals surface area contributed by atoms with E-state index in [4.69, 9.17) is 20.4 Å². The predicted molar refractivity (Wildman–Crippen MR) is 36.0 cm³/mol. The molecule has 0 bridgehead atoms. The van der Waals surface area contributed by atoms with Crippen LogP contribution in [0.25, 0.3) is 0 Å². The molecule has 1 saturated heterocycles. The van der Waals surface area contributed by atoms with Crippen molar-refractivity contribution in [1.82, 2.24) is 0 Å². The summed E-state index contributed by atoms with van der Waals surface area (Å²) in [6.45, 7) is -1.16. The molecule has 12 heavy (non-hydrogen) atoms. The van der Waals surface area contributed by atoms with Gasteiger partial charge in [-0.05, 0) is 0 Å².